The topological polar surface area (TPSA) is 59.2 Å². The first kappa shape index (κ1) is 14.5. The number of aromatic nitrogens is 1. The van der Waals surface area contributed by atoms with Crippen molar-refractivity contribution in [3.63, 3.8) is 0 Å². The number of ketones is 1. The van der Waals surface area contributed by atoms with Crippen molar-refractivity contribution in [2.24, 2.45) is 0 Å². The third-order valence-corrected chi connectivity index (χ3v) is 4.06. The van der Waals surface area contributed by atoms with Crippen LogP contribution in [0.1, 0.15) is 44.8 Å². The molecule has 114 valence electrons. The summed E-state index contributed by atoms with van der Waals surface area (Å²) in [5.74, 6) is -0.866. The summed E-state index contributed by atoms with van der Waals surface area (Å²) in [6, 6.07) is 4.10. The molecule has 1 aromatic carbocycles. The van der Waals surface area contributed by atoms with E-state index in [1.165, 1.54) is 25.3 Å². The van der Waals surface area contributed by atoms with Crippen LogP contribution in [0.5, 0.6) is 0 Å². The van der Waals surface area contributed by atoms with E-state index >= 15 is 0 Å². The van der Waals surface area contributed by atoms with E-state index in [0.29, 0.717) is 23.2 Å². The number of nitrogens with one attached hydrogen (secondary N) is 1. The van der Waals surface area contributed by atoms with Crippen LogP contribution in [-0.4, -0.2) is 23.8 Å². The second kappa shape index (κ2) is 5.40. The Balaban J connectivity index is 2.18. The molecule has 4 nitrogen and oxygen atoms in total. The van der Waals surface area contributed by atoms with E-state index < -0.39 is 11.8 Å². The minimum absolute atomic E-state index is 0.0887. The van der Waals surface area contributed by atoms with Crippen molar-refractivity contribution in [1.29, 1.82) is 0 Å². The fraction of sp³-hybridized carbons (Fsp3) is 0.294. The van der Waals surface area contributed by atoms with Crippen LogP contribution in [0.15, 0.2) is 18.2 Å². The van der Waals surface area contributed by atoms with Gasteiger partial charge in [0.1, 0.15) is 5.82 Å². The lowest BCUT2D eigenvalue weighted by Crippen LogP contribution is -2.10. The summed E-state index contributed by atoms with van der Waals surface area (Å²) in [6.45, 7) is 1.81. The maximum absolute atomic E-state index is 14.2. The van der Waals surface area contributed by atoms with Crippen LogP contribution in [0.4, 0.5) is 4.39 Å². The number of esters is 1. The first-order chi connectivity index (χ1) is 10.5. The molecule has 0 radical (unpaired) electrons. The van der Waals surface area contributed by atoms with Gasteiger partial charge in [0.05, 0.1) is 18.4 Å². The Bertz CT molecular complexity index is 776. The molecule has 0 saturated carbocycles. The predicted octanol–water partition coefficient (Wildman–Crippen LogP) is 3.43. The third kappa shape index (κ3) is 2.22. The zero-order valence-electron chi connectivity index (χ0n) is 12.5. The zero-order chi connectivity index (χ0) is 15.9. The molecule has 2 aromatic rings. The second-order valence-electron chi connectivity index (χ2n) is 5.44. The number of hydrogen-bond acceptors (Lipinski definition) is 3. The van der Waals surface area contributed by atoms with Crippen molar-refractivity contribution in [3.8, 4) is 11.3 Å². The highest BCUT2D eigenvalue weighted by Crippen LogP contribution is 2.35. The number of halogens is 1. The van der Waals surface area contributed by atoms with Crippen LogP contribution in [0, 0.1) is 12.7 Å². The van der Waals surface area contributed by atoms with E-state index in [1.807, 2.05) is 6.92 Å². The molecule has 0 saturated heterocycles. The Kier molecular flexibility index (Phi) is 3.56. The molecule has 3 rings (SSSR count). The van der Waals surface area contributed by atoms with E-state index in [-0.39, 0.29) is 11.3 Å². The summed E-state index contributed by atoms with van der Waals surface area (Å²) in [4.78, 5) is 26.8. The quantitative estimate of drug-likeness (QED) is 0.864. The number of fused-ring (bicyclic) bond motifs is 1. The number of aromatic amines is 1. The van der Waals surface area contributed by atoms with Gasteiger partial charge in [0.15, 0.2) is 5.78 Å². The van der Waals surface area contributed by atoms with E-state index in [1.54, 1.807) is 0 Å². The van der Waals surface area contributed by atoms with Gasteiger partial charge >= 0.3 is 5.97 Å². The van der Waals surface area contributed by atoms with Crippen LogP contribution in [0.2, 0.25) is 0 Å². The van der Waals surface area contributed by atoms with E-state index in [9.17, 15) is 14.0 Å². The van der Waals surface area contributed by atoms with Crippen molar-refractivity contribution >= 4 is 11.8 Å². The summed E-state index contributed by atoms with van der Waals surface area (Å²) in [6.07, 6.45) is 2.01. The standard InChI is InChI=1S/C17H16FNO3/c1-9-15-11(4-3-5-14(15)20)16(19-9)12-8-10(17(21)22-2)6-7-13(12)18/h6-8,19H,3-5H2,1-2H3. The van der Waals surface area contributed by atoms with E-state index in [2.05, 4.69) is 9.72 Å². The molecule has 0 unspecified atom stereocenters. The van der Waals surface area contributed by atoms with Gasteiger partial charge in [-0.25, -0.2) is 9.18 Å². The molecule has 1 aliphatic rings. The molecule has 0 spiro atoms. The Hall–Kier alpha value is -2.43. The molecule has 0 amide bonds. The molecule has 1 aliphatic carbocycles. The summed E-state index contributed by atoms with van der Waals surface area (Å²) in [5, 5.41) is 0. The Morgan fingerprint density at radius 1 is 1.32 bits per heavy atom. The number of Topliss-reactive ketones (excluding diaryl/α,β-unsaturated/α-hetero) is 1. The minimum Gasteiger partial charge on any atom is -0.465 e. The summed E-state index contributed by atoms with van der Waals surface area (Å²) >= 11 is 0. The number of methoxy groups -OCH3 is 1. The number of carbonyl (C=O) groups excluding carboxylic acids is 2. The Labute approximate surface area is 127 Å². The maximum Gasteiger partial charge on any atom is 0.337 e. The first-order valence-corrected chi connectivity index (χ1v) is 7.15. The van der Waals surface area contributed by atoms with Gasteiger partial charge in [0.25, 0.3) is 0 Å². The number of carbonyl (C=O) groups is 2. The molecule has 1 N–H and O–H groups in total. The fourth-order valence-corrected chi connectivity index (χ4v) is 3.05. The van der Waals surface area contributed by atoms with Gasteiger partial charge in [-0.3, -0.25) is 4.79 Å². The number of hydrogen-bond donors (Lipinski definition) is 1. The Morgan fingerprint density at radius 3 is 2.82 bits per heavy atom. The molecule has 0 aliphatic heterocycles. The Morgan fingerprint density at radius 2 is 2.09 bits per heavy atom. The van der Waals surface area contributed by atoms with Crippen molar-refractivity contribution < 1.29 is 18.7 Å². The molecule has 5 heteroatoms. The number of benzene rings is 1. The first-order valence-electron chi connectivity index (χ1n) is 7.15. The van der Waals surface area contributed by atoms with Crippen LogP contribution < -0.4 is 0 Å². The van der Waals surface area contributed by atoms with Gasteiger partial charge in [-0.15, -0.1) is 0 Å². The van der Waals surface area contributed by atoms with Gasteiger partial charge in [-0.1, -0.05) is 0 Å². The highest BCUT2D eigenvalue weighted by atomic mass is 19.1. The molecular weight excluding hydrogens is 285 g/mol. The molecule has 0 fully saturated rings. The lowest BCUT2D eigenvalue weighted by atomic mass is 9.89. The van der Waals surface area contributed by atoms with E-state index in [4.69, 9.17) is 0 Å². The number of H-pyrrole nitrogens is 1. The van der Waals surface area contributed by atoms with Gasteiger partial charge < -0.3 is 9.72 Å². The average molecular weight is 301 g/mol. The highest BCUT2D eigenvalue weighted by molar-refractivity contribution is 6.01. The molecule has 1 heterocycles. The summed E-state index contributed by atoms with van der Waals surface area (Å²) in [7, 11) is 1.28. The predicted molar refractivity (Wildman–Crippen MR) is 79.5 cm³/mol. The molecule has 0 bridgehead atoms. The number of aryl methyl sites for hydroxylation is 1. The molecule has 0 atom stereocenters. The second-order valence-corrected chi connectivity index (χ2v) is 5.44. The summed E-state index contributed by atoms with van der Waals surface area (Å²) < 4.78 is 18.9. The van der Waals surface area contributed by atoms with Crippen molar-refractivity contribution in [1.82, 2.24) is 4.98 Å². The number of ether oxygens (including phenoxy) is 1. The normalized spacial score (nSPS) is 13.9. The monoisotopic (exact) mass is 301 g/mol. The van der Waals surface area contributed by atoms with Crippen LogP contribution >= 0.6 is 0 Å². The molecule has 22 heavy (non-hydrogen) atoms. The average Bonchev–Trinajstić information content (AvgIpc) is 2.85. The molecular formula is C17H16FNO3. The van der Waals surface area contributed by atoms with Crippen LogP contribution in [-0.2, 0) is 11.2 Å². The minimum atomic E-state index is -0.519. The summed E-state index contributed by atoms with van der Waals surface area (Å²) in [5.41, 5.74) is 3.42. The van der Waals surface area contributed by atoms with Crippen LogP contribution in [0.3, 0.4) is 0 Å². The van der Waals surface area contributed by atoms with Gasteiger partial charge in [-0.2, -0.15) is 0 Å². The van der Waals surface area contributed by atoms with Crippen molar-refractivity contribution in [2.45, 2.75) is 26.2 Å². The van der Waals surface area contributed by atoms with Gasteiger partial charge in [0, 0.05) is 23.2 Å². The fourth-order valence-electron chi connectivity index (χ4n) is 3.05. The lowest BCUT2D eigenvalue weighted by molar-refractivity contribution is 0.0600. The molecule has 1 aromatic heterocycles. The largest absolute Gasteiger partial charge is 0.465 e. The number of rotatable bonds is 2. The van der Waals surface area contributed by atoms with Gasteiger partial charge in [-0.05, 0) is 43.5 Å². The zero-order valence-corrected chi connectivity index (χ0v) is 12.5. The maximum atomic E-state index is 14.2. The van der Waals surface area contributed by atoms with E-state index in [0.717, 1.165) is 24.1 Å². The van der Waals surface area contributed by atoms with Crippen molar-refractivity contribution in [2.75, 3.05) is 7.11 Å². The third-order valence-electron chi connectivity index (χ3n) is 4.06. The van der Waals surface area contributed by atoms with Gasteiger partial charge in [0.2, 0.25) is 0 Å². The smallest absolute Gasteiger partial charge is 0.337 e. The SMILES string of the molecule is COC(=O)c1ccc(F)c(-c2[nH]c(C)c3c2CCCC3=O)c1. The highest BCUT2D eigenvalue weighted by Gasteiger charge is 2.26. The van der Waals surface area contributed by atoms with Crippen molar-refractivity contribution in [3.05, 3.63) is 46.4 Å². The lowest BCUT2D eigenvalue weighted by Gasteiger charge is -2.13. The van der Waals surface area contributed by atoms with Crippen LogP contribution in [0.25, 0.3) is 11.3 Å².